The average Bonchev–Trinajstić information content (AvgIpc) is 3.15. The van der Waals surface area contributed by atoms with E-state index in [1.807, 2.05) is 0 Å². The van der Waals surface area contributed by atoms with E-state index in [9.17, 15) is 18.0 Å². The predicted molar refractivity (Wildman–Crippen MR) is 89.1 cm³/mol. The molecule has 0 radical (unpaired) electrons. The second-order valence-electron chi connectivity index (χ2n) is 5.34. The lowest BCUT2D eigenvalue weighted by molar-refractivity contribution is -0.137. The van der Waals surface area contributed by atoms with E-state index in [4.69, 9.17) is 4.74 Å². The van der Waals surface area contributed by atoms with Crippen molar-refractivity contribution in [1.82, 2.24) is 9.55 Å². The summed E-state index contributed by atoms with van der Waals surface area (Å²) in [4.78, 5) is 15.8. The van der Waals surface area contributed by atoms with Gasteiger partial charge in [0.05, 0.1) is 17.6 Å². The Kier molecular flexibility index (Phi) is 4.92. The highest BCUT2D eigenvalue weighted by molar-refractivity contribution is 5.92. The van der Waals surface area contributed by atoms with E-state index in [-0.39, 0.29) is 5.69 Å². The highest BCUT2D eigenvalue weighted by atomic mass is 19.4. The predicted octanol–water partition coefficient (Wildman–Crippen LogP) is 3.91. The lowest BCUT2D eigenvalue weighted by Gasteiger charge is -2.14. The molecule has 0 bridgehead atoms. The van der Waals surface area contributed by atoms with Gasteiger partial charge in [0.2, 0.25) is 0 Å². The zero-order chi connectivity index (χ0) is 18.6. The van der Waals surface area contributed by atoms with Crippen LogP contribution < -0.4 is 10.1 Å². The van der Waals surface area contributed by atoms with Crippen LogP contribution in [0.1, 0.15) is 5.56 Å². The number of nitrogens with one attached hydrogen (secondary N) is 1. The first-order chi connectivity index (χ1) is 12.4. The van der Waals surface area contributed by atoms with Crippen molar-refractivity contribution in [2.75, 3.05) is 11.9 Å². The van der Waals surface area contributed by atoms with Crippen LogP contribution in [-0.4, -0.2) is 22.1 Å². The molecule has 1 amide bonds. The van der Waals surface area contributed by atoms with E-state index >= 15 is 0 Å². The van der Waals surface area contributed by atoms with Crippen LogP contribution in [0.2, 0.25) is 0 Å². The number of benzene rings is 2. The quantitative estimate of drug-likeness (QED) is 0.750. The van der Waals surface area contributed by atoms with Crippen LogP contribution in [0.3, 0.4) is 0 Å². The number of aromatic nitrogens is 2. The molecule has 1 N–H and O–H groups in total. The summed E-state index contributed by atoms with van der Waals surface area (Å²) in [5, 5.41) is 2.22. The van der Waals surface area contributed by atoms with Crippen molar-refractivity contribution in [2.24, 2.45) is 0 Å². The molecule has 0 aliphatic rings. The summed E-state index contributed by atoms with van der Waals surface area (Å²) in [6.07, 6.45) is 0.518. The number of carbonyl (C=O) groups is 1. The summed E-state index contributed by atoms with van der Waals surface area (Å²) in [5.41, 5.74) is -0.347. The molecule has 0 aliphatic heterocycles. The van der Waals surface area contributed by atoms with Crippen LogP contribution in [0.5, 0.6) is 5.75 Å². The van der Waals surface area contributed by atoms with Gasteiger partial charge in [0.25, 0.3) is 5.91 Å². The fourth-order valence-electron chi connectivity index (χ4n) is 2.30. The zero-order valence-corrected chi connectivity index (χ0v) is 13.4. The smallest absolute Gasteiger partial charge is 0.418 e. The second-order valence-corrected chi connectivity index (χ2v) is 5.34. The van der Waals surface area contributed by atoms with Gasteiger partial charge in [-0.25, -0.2) is 4.98 Å². The van der Waals surface area contributed by atoms with Gasteiger partial charge in [0.15, 0.2) is 6.61 Å². The Morgan fingerprint density at radius 3 is 2.50 bits per heavy atom. The van der Waals surface area contributed by atoms with E-state index in [0.29, 0.717) is 5.75 Å². The monoisotopic (exact) mass is 361 g/mol. The SMILES string of the molecule is O=C(COc1ccc(-n2ccnc2)cc1)Nc1ccccc1C(F)(F)F. The topological polar surface area (TPSA) is 56.2 Å². The maximum Gasteiger partial charge on any atom is 0.418 e. The van der Waals surface area contributed by atoms with Crippen molar-refractivity contribution in [3.63, 3.8) is 0 Å². The van der Waals surface area contributed by atoms with Gasteiger partial charge < -0.3 is 14.6 Å². The van der Waals surface area contributed by atoms with Crippen molar-refractivity contribution >= 4 is 11.6 Å². The third-order valence-corrected chi connectivity index (χ3v) is 3.52. The minimum atomic E-state index is -4.55. The molecule has 0 aliphatic carbocycles. The highest BCUT2D eigenvalue weighted by Gasteiger charge is 2.33. The molecule has 0 spiro atoms. The van der Waals surface area contributed by atoms with Crippen molar-refractivity contribution < 1.29 is 22.7 Å². The van der Waals surface area contributed by atoms with Gasteiger partial charge in [0, 0.05) is 18.1 Å². The molecule has 0 saturated carbocycles. The van der Waals surface area contributed by atoms with E-state index < -0.39 is 24.3 Å². The van der Waals surface area contributed by atoms with Crippen molar-refractivity contribution in [1.29, 1.82) is 0 Å². The third kappa shape index (κ3) is 4.21. The molecule has 134 valence electrons. The van der Waals surface area contributed by atoms with E-state index in [2.05, 4.69) is 10.3 Å². The molecule has 0 saturated heterocycles. The van der Waals surface area contributed by atoms with Gasteiger partial charge in [-0.3, -0.25) is 4.79 Å². The van der Waals surface area contributed by atoms with E-state index in [1.54, 1.807) is 47.6 Å². The van der Waals surface area contributed by atoms with Crippen LogP contribution in [0, 0.1) is 0 Å². The first-order valence-corrected chi connectivity index (χ1v) is 7.61. The number of alkyl halides is 3. The molecule has 3 rings (SSSR count). The Labute approximate surface area is 147 Å². The summed E-state index contributed by atoms with van der Waals surface area (Å²) in [7, 11) is 0. The molecule has 3 aromatic rings. The molecule has 26 heavy (non-hydrogen) atoms. The highest BCUT2D eigenvalue weighted by Crippen LogP contribution is 2.34. The first-order valence-electron chi connectivity index (χ1n) is 7.61. The summed E-state index contributed by atoms with van der Waals surface area (Å²) >= 11 is 0. The molecule has 8 heteroatoms. The summed E-state index contributed by atoms with van der Waals surface area (Å²) in [6, 6.07) is 11.6. The minimum Gasteiger partial charge on any atom is -0.484 e. The normalized spacial score (nSPS) is 11.2. The number of anilines is 1. The molecule has 5 nitrogen and oxygen atoms in total. The molecular weight excluding hydrogens is 347 g/mol. The lowest BCUT2D eigenvalue weighted by atomic mass is 10.1. The van der Waals surface area contributed by atoms with Gasteiger partial charge in [-0.05, 0) is 36.4 Å². The number of hydrogen-bond donors (Lipinski definition) is 1. The van der Waals surface area contributed by atoms with Crippen LogP contribution >= 0.6 is 0 Å². The van der Waals surface area contributed by atoms with E-state index in [1.165, 1.54) is 18.2 Å². The number of para-hydroxylation sites is 1. The van der Waals surface area contributed by atoms with Crippen molar-refractivity contribution in [2.45, 2.75) is 6.18 Å². The molecule has 0 atom stereocenters. The van der Waals surface area contributed by atoms with Gasteiger partial charge in [-0.1, -0.05) is 12.1 Å². The Hall–Kier alpha value is -3.29. The Morgan fingerprint density at radius 2 is 1.85 bits per heavy atom. The molecular formula is C18H14F3N3O2. The van der Waals surface area contributed by atoms with Crippen molar-refractivity contribution in [3.05, 3.63) is 72.8 Å². The van der Waals surface area contributed by atoms with Crippen LogP contribution in [0.15, 0.2) is 67.3 Å². The fraction of sp³-hybridized carbons (Fsp3) is 0.111. The lowest BCUT2D eigenvalue weighted by Crippen LogP contribution is -2.22. The largest absolute Gasteiger partial charge is 0.484 e. The molecule has 0 unspecified atom stereocenters. The van der Waals surface area contributed by atoms with Crippen molar-refractivity contribution in [3.8, 4) is 11.4 Å². The van der Waals surface area contributed by atoms with Gasteiger partial charge in [-0.15, -0.1) is 0 Å². The van der Waals surface area contributed by atoms with Crippen LogP contribution in [0.4, 0.5) is 18.9 Å². The number of imidazole rings is 1. The summed E-state index contributed by atoms with van der Waals surface area (Å²) < 4.78 is 45.9. The van der Waals surface area contributed by atoms with Gasteiger partial charge >= 0.3 is 6.18 Å². The number of rotatable bonds is 5. The number of amides is 1. The fourth-order valence-corrected chi connectivity index (χ4v) is 2.30. The Morgan fingerprint density at radius 1 is 1.12 bits per heavy atom. The maximum absolute atomic E-state index is 12.9. The first kappa shape index (κ1) is 17.5. The van der Waals surface area contributed by atoms with Gasteiger partial charge in [-0.2, -0.15) is 13.2 Å². The standard InChI is InChI=1S/C18H14F3N3O2/c19-18(20,21)15-3-1-2-4-16(15)23-17(25)11-26-14-7-5-13(6-8-14)24-10-9-22-12-24/h1-10,12H,11H2,(H,23,25). The number of halogens is 3. The van der Waals surface area contributed by atoms with Crippen LogP contribution in [-0.2, 0) is 11.0 Å². The molecule has 0 fully saturated rings. The second kappa shape index (κ2) is 7.30. The van der Waals surface area contributed by atoms with E-state index in [0.717, 1.165) is 11.8 Å². The number of hydrogen-bond acceptors (Lipinski definition) is 3. The minimum absolute atomic E-state index is 0.302. The average molecular weight is 361 g/mol. The molecule has 2 aromatic carbocycles. The molecule has 1 heterocycles. The number of carbonyl (C=O) groups excluding carboxylic acids is 1. The molecule has 1 aromatic heterocycles. The number of ether oxygens (including phenoxy) is 1. The maximum atomic E-state index is 12.9. The Bertz CT molecular complexity index is 875. The van der Waals surface area contributed by atoms with Crippen LogP contribution in [0.25, 0.3) is 5.69 Å². The third-order valence-electron chi connectivity index (χ3n) is 3.52. The summed E-state index contributed by atoms with van der Waals surface area (Å²) in [6.45, 7) is -0.406. The zero-order valence-electron chi connectivity index (χ0n) is 13.4. The Balaban J connectivity index is 1.60. The number of nitrogens with zero attached hydrogens (tertiary/aromatic N) is 2. The van der Waals surface area contributed by atoms with Gasteiger partial charge in [0.1, 0.15) is 5.75 Å². The summed E-state index contributed by atoms with van der Waals surface area (Å²) in [5.74, 6) is -0.256.